The topological polar surface area (TPSA) is 39.7 Å². The van der Waals surface area contributed by atoms with Gasteiger partial charge in [-0.2, -0.15) is 0 Å². The van der Waals surface area contributed by atoms with Crippen LogP contribution in [0.5, 0.6) is 0 Å². The summed E-state index contributed by atoms with van der Waals surface area (Å²) in [6.45, 7) is 10.9. The second-order valence-corrected chi connectivity index (χ2v) is 7.12. The van der Waals surface area contributed by atoms with Gasteiger partial charge in [-0.25, -0.2) is 0 Å². The summed E-state index contributed by atoms with van der Waals surface area (Å²) in [6.07, 6.45) is 3.79. The minimum atomic E-state index is 0. The Hall–Kier alpha value is -0.340. The standard InChI is InChI=1S/C17H30N4S.HI/c1-3-18-17(19-9-8-16-7-6-12-22-16)20-13-15(2)14-21-10-4-5-11-21;/h6-7,12,15H,3-5,8-11,13-14H2,1-2H3,(H2,18,19,20);1H. The second kappa shape index (κ2) is 12.1. The SMILES string of the molecule is CCNC(=NCC(C)CN1CCCC1)NCCc1cccs1.I. The summed E-state index contributed by atoms with van der Waals surface area (Å²) in [5.41, 5.74) is 0. The van der Waals surface area contributed by atoms with Crippen molar-refractivity contribution in [3.63, 3.8) is 0 Å². The van der Waals surface area contributed by atoms with Crippen LogP contribution in [-0.2, 0) is 6.42 Å². The van der Waals surface area contributed by atoms with Crippen LogP contribution in [0.1, 0.15) is 31.6 Å². The molecule has 1 aromatic rings. The molecule has 1 fully saturated rings. The Kier molecular flexibility index (Phi) is 10.9. The Labute approximate surface area is 162 Å². The van der Waals surface area contributed by atoms with Crippen LogP contribution in [0, 0.1) is 5.92 Å². The van der Waals surface area contributed by atoms with E-state index in [1.54, 1.807) is 0 Å². The number of likely N-dealkylation sites (tertiary alicyclic amines) is 1. The minimum absolute atomic E-state index is 0. The Balaban J connectivity index is 0.00000264. The maximum atomic E-state index is 4.75. The van der Waals surface area contributed by atoms with E-state index in [0.717, 1.165) is 32.0 Å². The number of nitrogens with zero attached hydrogens (tertiary/aromatic N) is 2. The molecule has 0 spiro atoms. The molecule has 2 heterocycles. The maximum absolute atomic E-state index is 4.75. The smallest absolute Gasteiger partial charge is 0.191 e. The van der Waals surface area contributed by atoms with E-state index in [-0.39, 0.29) is 24.0 Å². The number of halogens is 1. The molecule has 0 radical (unpaired) electrons. The van der Waals surface area contributed by atoms with Crippen molar-refractivity contribution >= 4 is 41.3 Å². The lowest BCUT2D eigenvalue weighted by molar-refractivity contribution is 0.291. The molecular weight excluding hydrogens is 419 g/mol. The predicted octanol–water partition coefficient (Wildman–Crippen LogP) is 3.20. The predicted molar refractivity (Wildman–Crippen MR) is 112 cm³/mol. The zero-order chi connectivity index (χ0) is 15.6. The Morgan fingerprint density at radius 3 is 2.78 bits per heavy atom. The average Bonchev–Trinajstić information content (AvgIpc) is 3.18. The first-order valence-corrected chi connectivity index (χ1v) is 9.42. The van der Waals surface area contributed by atoms with Crippen LogP contribution in [0.3, 0.4) is 0 Å². The Bertz CT molecular complexity index is 430. The third-order valence-corrected chi connectivity index (χ3v) is 4.85. The van der Waals surface area contributed by atoms with Gasteiger partial charge in [-0.05, 0) is 56.6 Å². The summed E-state index contributed by atoms with van der Waals surface area (Å²) in [6, 6.07) is 4.30. The quantitative estimate of drug-likeness (QED) is 0.363. The highest BCUT2D eigenvalue weighted by atomic mass is 127. The van der Waals surface area contributed by atoms with Crippen molar-refractivity contribution in [1.82, 2.24) is 15.5 Å². The summed E-state index contributed by atoms with van der Waals surface area (Å²) in [4.78, 5) is 8.73. The third kappa shape index (κ3) is 8.35. The number of nitrogens with one attached hydrogen (secondary N) is 2. The first kappa shape index (κ1) is 20.7. The van der Waals surface area contributed by atoms with Gasteiger partial charge in [0, 0.05) is 31.1 Å². The van der Waals surface area contributed by atoms with Crippen LogP contribution in [0.4, 0.5) is 0 Å². The van der Waals surface area contributed by atoms with Gasteiger partial charge in [-0.1, -0.05) is 13.0 Å². The van der Waals surface area contributed by atoms with E-state index in [1.165, 1.54) is 37.4 Å². The number of rotatable bonds is 8. The molecule has 0 bridgehead atoms. The molecule has 1 aromatic heterocycles. The molecule has 23 heavy (non-hydrogen) atoms. The van der Waals surface area contributed by atoms with E-state index in [1.807, 2.05) is 11.3 Å². The molecule has 0 saturated carbocycles. The highest BCUT2D eigenvalue weighted by molar-refractivity contribution is 14.0. The summed E-state index contributed by atoms with van der Waals surface area (Å²) in [5.74, 6) is 1.57. The van der Waals surface area contributed by atoms with Crippen LogP contribution in [0.2, 0.25) is 0 Å². The van der Waals surface area contributed by atoms with Crippen molar-refractivity contribution in [2.75, 3.05) is 39.3 Å². The van der Waals surface area contributed by atoms with Crippen molar-refractivity contribution in [3.8, 4) is 0 Å². The molecule has 0 amide bonds. The molecule has 6 heteroatoms. The lowest BCUT2D eigenvalue weighted by atomic mass is 10.2. The van der Waals surface area contributed by atoms with Crippen LogP contribution >= 0.6 is 35.3 Å². The highest BCUT2D eigenvalue weighted by Gasteiger charge is 2.14. The average molecular weight is 450 g/mol. The first-order valence-electron chi connectivity index (χ1n) is 8.55. The second-order valence-electron chi connectivity index (χ2n) is 6.09. The molecule has 2 N–H and O–H groups in total. The molecule has 1 saturated heterocycles. The summed E-state index contributed by atoms with van der Waals surface area (Å²) >= 11 is 1.82. The van der Waals surface area contributed by atoms with Gasteiger partial charge in [-0.15, -0.1) is 35.3 Å². The Morgan fingerprint density at radius 1 is 1.35 bits per heavy atom. The van der Waals surface area contributed by atoms with E-state index in [4.69, 9.17) is 4.99 Å². The van der Waals surface area contributed by atoms with Crippen LogP contribution in [-0.4, -0.2) is 50.1 Å². The normalized spacial score (nSPS) is 16.9. The van der Waals surface area contributed by atoms with Crippen molar-refractivity contribution in [1.29, 1.82) is 0 Å². The summed E-state index contributed by atoms with van der Waals surface area (Å²) in [7, 11) is 0. The molecular formula is C17H31IN4S. The molecule has 1 unspecified atom stereocenters. The van der Waals surface area contributed by atoms with Gasteiger partial charge in [0.2, 0.25) is 0 Å². The maximum Gasteiger partial charge on any atom is 0.191 e. The van der Waals surface area contributed by atoms with E-state index in [2.05, 4.69) is 46.9 Å². The van der Waals surface area contributed by atoms with E-state index in [9.17, 15) is 0 Å². The van der Waals surface area contributed by atoms with E-state index in [0.29, 0.717) is 5.92 Å². The lowest BCUT2D eigenvalue weighted by Gasteiger charge is -2.19. The van der Waals surface area contributed by atoms with Crippen molar-refractivity contribution < 1.29 is 0 Å². The minimum Gasteiger partial charge on any atom is -0.357 e. The van der Waals surface area contributed by atoms with Crippen LogP contribution < -0.4 is 10.6 Å². The molecule has 2 rings (SSSR count). The molecule has 4 nitrogen and oxygen atoms in total. The summed E-state index contributed by atoms with van der Waals surface area (Å²) < 4.78 is 0. The molecule has 0 aromatic carbocycles. The number of hydrogen-bond donors (Lipinski definition) is 2. The van der Waals surface area contributed by atoms with Gasteiger partial charge in [0.25, 0.3) is 0 Å². The fourth-order valence-corrected chi connectivity index (χ4v) is 3.52. The van der Waals surface area contributed by atoms with Gasteiger partial charge in [-0.3, -0.25) is 4.99 Å². The van der Waals surface area contributed by atoms with Gasteiger partial charge < -0.3 is 15.5 Å². The molecule has 1 aliphatic heterocycles. The molecule has 132 valence electrons. The van der Waals surface area contributed by atoms with Gasteiger partial charge >= 0.3 is 0 Å². The lowest BCUT2D eigenvalue weighted by Crippen LogP contribution is -2.39. The molecule has 0 aliphatic carbocycles. The molecule has 1 atom stereocenters. The monoisotopic (exact) mass is 450 g/mol. The third-order valence-electron chi connectivity index (χ3n) is 3.92. The van der Waals surface area contributed by atoms with Gasteiger partial charge in [0.1, 0.15) is 0 Å². The zero-order valence-corrected chi connectivity index (χ0v) is 17.5. The van der Waals surface area contributed by atoms with E-state index < -0.39 is 0 Å². The van der Waals surface area contributed by atoms with Gasteiger partial charge in [0.15, 0.2) is 5.96 Å². The number of thiophene rings is 1. The van der Waals surface area contributed by atoms with E-state index >= 15 is 0 Å². The number of aliphatic imine (C=N–C) groups is 1. The number of guanidine groups is 1. The Morgan fingerprint density at radius 2 is 2.13 bits per heavy atom. The zero-order valence-electron chi connectivity index (χ0n) is 14.4. The van der Waals surface area contributed by atoms with Crippen molar-refractivity contribution in [2.24, 2.45) is 10.9 Å². The van der Waals surface area contributed by atoms with Crippen molar-refractivity contribution in [3.05, 3.63) is 22.4 Å². The largest absolute Gasteiger partial charge is 0.357 e. The summed E-state index contributed by atoms with van der Waals surface area (Å²) in [5, 5.41) is 8.91. The van der Waals surface area contributed by atoms with Crippen molar-refractivity contribution in [2.45, 2.75) is 33.1 Å². The first-order chi connectivity index (χ1) is 10.8. The fraction of sp³-hybridized carbons (Fsp3) is 0.706. The fourth-order valence-electron chi connectivity index (χ4n) is 2.81. The van der Waals surface area contributed by atoms with Crippen LogP contribution in [0.25, 0.3) is 0 Å². The molecule has 1 aliphatic rings. The van der Waals surface area contributed by atoms with Crippen LogP contribution in [0.15, 0.2) is 22.5 Å². The highest BCUT2D eigenvalue weighted by Crippen LogP contribution is 2.10. The number of hydrogen-bond acceptors (Lipinski definition) is 3. The van der Waals surface area contributed by atoms with Gasteiger partial charge in [0.05, 0.1) is 0 Å².